The first-order valence-electron chi connectivity index (χ1n) is 3.23. The molecule has 0 heterocycles. The van der Waals surface area contributed by atoms with Gasteiger partial charge >= 0.3 is 23.1 Å². The number of phosphoric ester groups is 1. The first kappa shape index (κ1) is 14.4. The zero-order valence-corrected chi connectivity index (χ0v) is 8.92. The molecule has 4 nitrogen and oxygen atoms in total. The quantitative estimate of drug-likeness (QED) is 0.337. The minimum absolute atomic E-state index is 0. The molecule has 0 aliphatic rings. The van der Waals surface area contributed by atoms with E-state index in [1.165, 1.54) is 0 Å². The topological polar surface area (TPSA) is 72.4 Å². The van der Waals surface area contributed by atoms with Crippen LogP contribution in [0.25, 0.3) is 0 Å². The Morgan fingerprint density at radius 3 is 2.27 bits per heavy atom. The molecule has 0 unspecified atom stereocenters. The molecule has 0 rings (SSSR count). The zero-order valence-electron chi connectivity index (χ0n) is 6.62. The van der Waals surface area contributed by atoms with Crippen molar-refractivity contribution in [1.29, 1.82) is 0 Å². The fraction of sp³-hybridized carbons (Fsp3) is 1.00. The number of hydrogen-bond donors (Lipinski definition) is 0. The minimum atomic E-state index is -4.71. The molecule has 0 radical (unpaired) electrons. The van der Waals surface area contributed by atoms with Crippen molar-refractivity contribution in [2.75, 3.05) is 6.61 Å². The Bertz CT molecular complexity index is 124. The van der Waals surface area contributed by atoms with Crippen molar-refractivity contribution < 1.29 is 18.9 Å². The minimum Gasteiger partial charge on any atom is -0.790 e. The smallest absolute Gasteiger partial charge is 0.790 e. The van der Waals surface area contributed by atoms with E-state index in [-0.39, 0.29) is 29.7 Å². The molecule has 0 aromatic rings. The van der Waals surface area contributed by atoms with Crippen LogP contribution in [0.15, 0.2) is 0 Å². The van der Waals surface area contributed by atoms with Crippen LogP contribution in [0.5, 0.6) is 0 Å². The average Bonchev–Trinajstić information content (AvgIpc) is 1.78. The molecular formula is C5H11MgO4P. The second-order valence-electron chi connectivity index (χ2n) is 1.99. The summed E-state index contributed by atoms with van der Waals surface area (Å²) in [7, 11) is -4.71. The predicted molar refractivity (Wildman–Crippen MR) is 38.8 cm³/mol. The largest absolute Gasteiger partial charge is 2.00 e. The van der Waals surface area contributed by atoms with Gasteiger partial charge < -0.3 is 18.9 Å². The molecule has 0 bridgehead atoms. The van der Waals surface area contributed by atoms with Crippen LogP contribution in [-0.2, 0) is 9.09 Å². The SMILES string of the molecule is CCCCCOP(=O)([O-])[O-].[Mg+2]. The van der Waals surface area contributed by atoms with Crippen LogP contribution in [0, 0.1) is 0 Å². The van der Waals surface area contributed by atoms with Crippen molar-refractivity contribution in [3.8, 4) is 0 Å². The summed E-state index contributed by atoms with van der Waals surface area (Å²) in [6.45, 7) is 2.01. The van der Waals surface area contributed by atoms with E-state index >= 15 is 0 Å². The van der Waals surface area contributed by atoms with E-state index in [1.807, 2.05) is 6.92 Å². The van der Waals surface area contributed by atoms with Crippen molar-refractivity contribution in [2.45, 2.75) is 26.2 Å². The van der Waals surface area contributed by atoms with Crippen LogP contribution < -0.4 is 9.79 Å². The molecule has 0 saturated heterocycles. The van der Waals surface area contributed by atoms with Crippen LogP contribution in [0.2, 0.25) is 0 Å². The first-order chi connectivity index (χ1) is 4.56. The van der Waals surface area contributed by atoms with Gasteiger partial charge in [0.1, 0.15) is 0 Å². The van der Waals surface area contributed by atoms with Crippen molar-refractivity contribution in [1.82, 2.24) is 0 Å². The third-order valence-corrected chi connectivity index (χ3v) is 1.50. The molecule has 0 N–H and O–H groups in total. The summed E-state index contributed by atoms with van der Waals surface area (Å²) in [5.74, 6) is 0. The monoisotopic (exact) mass is 190 g/mol. The van der Waals surface area contributed by atoms with Crippen LogP contribution in [0.4, 0.5) is 0 Å². The van der Waals surface area contributed by atoms with E-state index in [1.54, 1.807) is 0 Å². The molecule has 0 aromatic heterocycles. The molecule has 11 heavy (non-hydrogen) atoms. The van der Waals surface area contributed by atoms with Gasteiger partial charge in [0.25, 0.3) is 0 Å². The molecular weight excluding hydrogens is 179 g/mol. The summed E-state index contributed by atoms with van der Waals surface area (Å²) < 4.78 is 13.8. The van der Waals surface area contributed by atoms with Crippen molar-refractivity contribution in [3.63, 3.8) is 0 Å². The summed E-state index contributed by atoms with van der Waals surface area (Å²) in [6.07, 6.45) is 2.50. The van der Waals surface area contributed by atoms with Crippen LogP contribution in [0.3, 0.4) is 0 Å². The van der Waals surface area contributed by atoms with E-state index in [4.69, 9.17) is 0 Å². The fourth-order valence-electron chi connectivity index (χ4n) is 0.528. The van der Waals surface area contributed by atoms with Gasteiger partial charge in [-0.1, -0.05) is 19.8 Å². The molecule has 62 valence electrons. The first-order valence-corrected chi connectivity index (χ1v) is 4.69. The van der Waals surface area contributed by atoms with Gasteiger partial charge in [-0.15, -0.1) is 0 Å². The van der Waals surface area contributed by atoms with Crippen LogP contribution in [0.1, 0.15) is 26.2 Å². The van der Waals surface area contributed by atoms with Gasteiger partial charge in [0.05, 0.1) is 14.4 Å². The Hall–Kier alpha value is 0.876. The van der Waals surface area contributed by atoms with Crippen molar-refractivity contribution >= 4 is 30.9 Å². The zero-order chi connectivity index (χ0) is 8.04. The van der Waals surface area contributed by atoms with Gasteiger partial charge in [0, 0.05) is 0 Å². The second-order valence-corrected chi connectivity index (χ2v) is 3.14. The molecule has 0 saturated carbocycles. The van der Waals surface area contributed by atoms with E-state index in [9.17, 15) is 14.4 Å². The molecule has 0 aliphatic carbocycles. The molecule has 0 spiro atoms. The molecule has 0 aromatic carbocycles. The molecule has 0 fully saturated rings. The molecule has 0 aliphatic heterocycles. The fourth-order valence-corrected chi connectivity index (χ4v) is 0.881. The number of phosphoric acid groups is 1. The van der Waals surface area contributed by atoms with Crippen molar-refractivity contribution in [3.05, 3.63) is 0 Å². The van der Waals surface area contributed by atoms with E-state index < -0.39 is 7.82 Å². The summed E-state index contributed by atoms with van der Waals surface area (Å²) >= 11 is 0. The average molecular weight is 190 g/mol. The molecule has 0 amide bonds. The van der Waals surface area contributed by atoms with Gasteiger partial charge in [-0.2, -0.15) is 0 Å². The van der Waals surface area contributed by atoms with Gasteiger partial charge in [-0.25, -0.2) is 0 Å². The Morgan fingerprint density at radius 1 is 1.36 bits per heavy atom. The maximum absolute atomic E-state index is 9.84. The van der Waals surface area contributed by atoms with Gasteiger partial charge in [0.15, 0.2) is 0 Å². The van der Waals surface area contributed by atoms with E-state index in [2.05, 4.69) is 4.52 Å². The van der Waals surface area contributed by atoms with Gasteiger partial charge in [-0.3, -0.25) is 0 Å². The van der Waals surface area contributed by atoms with Crippen molar-refractivity contribution in [2.24, 2.45) is 0 Å². The predicted octanol–water partition coefficient (Wildman–Crippen LogP) is -0.359. The van der Waals surface area contributed by atoms with Gasteiger partial charge in [-0.05, 0) is 6.42 Å². The molecule has 6 heteroatoms. The Labute approximate surface area is 82.7 Å². The Morgan fingerprint density at radius 2 is 1.91 bits per heavy atom. The Balaban J connectivity index is 0. The van der Waals surface area contributed by atoms with Gasteiger partial charge in [0.2, 0.25) is 0 Å². The number of hydrogen-bond acceptors (Lipinski definition) is 4. The number of rotatable bonds is 5. The third-order valence-electron chi connectivity index (χ3n) is 0.997. The molecule has 0 atom stereocenters. The van der Waals surface area contributed by atoms with E-state index in [0.717, 1.165) is 12.8 Å². The second kappa shape index (κ2) is 7.52. The summed E-state index contributed by atoms with van der Waals surface area (Å²) in [6, 6.07) is 0. The maximum atomic E-state index is 9.84. The summed E-state index contributed by atoms with van der Waals surface area (Å²) in [4.78, 5) is 19.7. The normalized spacial score (nSPS) is 10.8. The standard InChI is InChI=1S/C5H13O4P.Mg/c1-2-3-4-5-9-10(6,7)8;/h2-5H2,1H3,(H2,6,7,8);/q;+2/p-2. The Kier molecular flexibility index (Phi) is 9.85. The number of unbranched alkanes of at least 4 members (excludes halogenated alkanes) is 2. The summed E-state index contributed by atoms with van der Waals surface area (Å²) in [5.41, 5.74) is 0. The third kappa shape index (κ3) is 13.8. The maximum Gasteiger partial charge on any atom is 2.00 e. The van der Waals surface area contributed by atoms with E-state index in [0.29, 0.717) is 6.42 Å². The summed E-state index contributed by atoms with van der Waals surface area (Å²) in [5, 5.41) is 0. The van der Waals surface area contributed by atoms with Crippen LogP contribution in [-0.4, -0.2) is 29.7 Å². The van der Waals surface area contributed by atoms with Crippen LogP contribution >= 0.6 is 7.82 Å².